The van der Waals surface area contributed by atoms with E-state index < -0.39 is 29.2 Å². The van der Waals surface area contributed by atoms with E-state index in [4.69, 9.17) is 14.2 Å². The molecule has 164 valence electrons. The van der Waals surface area contributed by atoms with Gasteiger partial charge in [-0.3, -0.25) is 14.5 Å². The van der Waals surface area contributed by atoms with E-state index in [-0.39, 0.29) is 17.5 Å². The minimum Gasteiger partial charge on any atom is -0.493 e. The first-order valence-corrected chi connectivity index (χ1v) is 9.65. The molecule has 1 atom stereocenters. The molecule has 2 aromatic carbocycles. The van der Waals surface area contributed by atoms with Crippen molar-refractivity contribution in [2.45, 2.75) is 26.3 Å². The van der Waals surface area contributed by atoms with Crippen LogP contribution in [-0.4, -0.2) is 55.2 Å². The third-order valence-electron chi connectivity index (χ3n) is 5.44. The van der Waals surface area contributed by atoms with Crippen molar-refractivity contribution < 1.29 is 33.7 Å². The zero-order chi connectivity index (χ0) is 22.9. The van der Waals surface area contributed by atoms with Crippen LogP contribution in [0.25, 0.3) is 0 Å². The van der Waals surface area contributed by atoms with Gasteiger partial charge < -0.3 is 19.3 Å². The summed E-state index contributed by atoms with van der Waals surface area (Å²) in [5.74, 6) is -1.19. The number of rotatable bonds is 8. The lowest BCUT2D eigenvalue weighted by atomic mass is 9.77. The third-order valence-corrected chi connectivity index (χ3v) is 5.44. The van der Waals surface area contributed by atoms with Crippen LogP contribution in [0.4, 0.5) is 0 Å². The van der Waals surface area contributed by atoms with Crippen molar-refractivity contribution in [3.05, 3.63) is 53.1 Å². The molecular formula is C23H25NO7. The lowest BCUT2D eigenvalue weighted by molar-refractivity contribution is -0.145. The Kier molecular flexibility index (Phi) is 5.92. The maximum atomic E-state index is 12.9. The Morgan fingerprint density at radius 3 is 1.84 bits per heavy atom. The number of hydrogen-bond acceptors (Lipinski definition) is 6. The standard InChI is InChI=1S/C23H25NO7/c1-23(2,12-13-10-16(29-3)18(31-5)17(11-13)30-4)19(22(27)28)24-20(25)14-8-6-7-9-15(14)21(24)26/h6-11,19H,12H2,1-5H3,(H,27,28)/t19-/m1/s1. The summed E-state index contributed by atoms with van der Waals surface area (Å²) in [7, 11) is 4.48. The van der Waals surface area contributed by atoms with Gasteiger partial charge in [0.05, 0.1) is 32.5 Å². The maximum absolute atomic E-state index is 12.9. The molecule has 0 aromatic heterocycles. The van der Waals surface area contributed by atoms with Gasteiger partial charge in [-0.25, -0.2) is 4.79 Å². The van der Waals surface area contributed by atoms with E-state index in [9.17, 15) is 19.5 Å². The molecule has 1 heterocycles. The van der Waals surface area contributed by atoms with Crippen LogP contribution in [0.1, 0.15) is 40.1 Å². The van der Waals surface area contributed by atoms with Gasteiger partial charge in [-0.2, -0.15) is 0 Å². The van der Waals surface area contributed by atoms with Crippen molar-refractivity contribution in [2.24, 2.45) is 5.41 Å². The second-order valence-corrected chi connectivity index (χ2v) is 7.97. The van der Waals surface area contributed by atoms with Gasteiger partial charge in [-0.15, -0.1) is 0 Å². The Labute approximate surface area is 180 Å². The molecule has 0 fully saturated rings. The zero-order valence-electron chi connectivity index (χ0n) is 18.1. The zero-order valence-corrected chi connectivity index (χ0v) is 18.1. The molecule has 0 radical (unpaired) electrons. The molecule has 0 saturated heterocycles. The minimum absolute atomic E-state index is 0.210. The summed E-state index contributed by atoms with van der Waals surface area (Å²) in [5, 5.41) is 10.0. The average molecular weight is 427 g/mol. The van der Waals surface area contributed by atoms with Gasteiger partial charge in [0.2, 0.25) is 5.75 Å². The van der Waals surface area contributed by atoms with Gasteiger partial charge in [0.1, 0.15) is 6.04 Å². The summed E-state index contributed by atoms with van der Waals surface area (Å²) >= 11 is 0. The number of fused-ring (bicyclic) bond motifs is 1. The lowest BCUT2D eigenvalue weighted by Crippen LogP contribution is -2.53. The quantitative estimate of drug-likeness (QED) is 0.646. The fraction of sp³-hybridized carbons (Fsp3) is 0.348. The molecule has 2 aromatic rings. The van der Waals surface area contributed by atoms with Crippen molar-refractivity contribution in [3.63, 3.8) is 0 Å². The van der Waals surface area contributed by atoms with Gasteiger partial charge in [0.15, 0.2) is 11.5 Å². The Balaban J connectivity index is 2.01. The molecule has 0 bridgehead atoms. The molecule has 0 aliphatic carbocycles. The molecule has 2 amide bonds. The normalized spacial score (nSPS) is 14.3. The van der Waals surface area contributed by atoms with Crippen molar-refractivity contribution in [1.29, 1.82) is 0 Å². The third kappa shape index (κ3) is 3.81. The monoisotopic (exact) mass is 427 g/mol. The second-order valence-electron chi connectivity index (χ2n) is 7.97. The molecular weight excluding hydrogens is 402 g/mol. The van der Waals surface area contributed by atoms with E-state index in [1.807, 2.05) is 0 Å². The number of amides is 2. The number of ether oxygens (including phenoxy) is 3. The number of carbonyl (C=O) groups is 3. The Morgan fingerprint density at radius 2 is 1.45 bits per heavy atom. The molecule has 0 spiro atoms. The molecule has 8 nitrogen and oxygen atoms in total. The minimum atomic E-state index is -1.38. The number of carboxylic acids is 1. The number of carbonyl (C=O) groups excluding carboxylic acids is 2. The maximum Gasteiger partial charge on any atom is 0.327 e. The fourth-order valence-electron chi connectivity index (χ4n) is 4.10. The van der Waals surface area contributed by atoms with E-state index in [0.717, 1.165) is 4.90 Å². The van der Waals surface area contributed by atoms with E-state index >= 15 is 0 Å². The Morgan fingerprint density at radius 1 is 0.968 bits per heavy atom. The van der Waals surface area contributed by atoms with Crippen LogP contribution in [-0.2, 0) is 11.2 Å². The topological polar surface area (TPSA) is 102 Å². The van der Waals surface area contributed by atoms with Gasteiger partial charge in [0.25, 0.3) is 11.8 Å². The average Bonchev–Trinajstić information content (AvgIpc) is 2.97. The number of carboxylic acid groups (broad SMARTS) is 1. The molecule has 1 aliphatic heterocycles. The van der Waals surface area contributed by atoms with Crippen LogP contribution in [0.3, 0.4) is 0 Å². The summed E-state index contributed by atoms with van der Waals surface area (Å²) < 4.78 is 16.1. The first-order valence-electron chi connectivity index (χ1n) is 9.65. The highest BCUT2D eigenvalue weighted by atomic mass is 16.5. The lowest BCUT2D eigenvalue weighted by Gasteiger charge is -2.36. The number of benzene rings is 2. The number of imide groups is 1. The first-order chi connectivity index (χ1) is 14.7. The second kappa shape index (κ2) is 8.29. The molecule has 31 heavy (non-hydrogen) atoms. The van der Waals surface area contributed by atoms with Gasteiger partial charge in [0, 0.05) is 5.41 Å². The van der Waals surface area contributed by atoms with Crippen molar-refractivity contribution in [3.8, 4) is 17.2 Å². The summed E-state index contributed by atoms with van der Waals surface area (Å²) in [6.07, 6.45) is 0.230. The molecule has 1 N–H and O–H groups in total. The Hall–Kier alpha value is -3.55. The summed E-state index contributed by atoms with van der Waals surface area (Å²) in [6.45, 7) is 3.41. The van der Waals surface area contributed by atoms with Crippen molar-refractivity contribution in [2.75, 3.05) is 21.3 Å². The van der Waals surface area contributed by atoms with E-state index in [1.165, 1.54) is 33.5 Å². The highest BCUT2D eigenvalue weighted by Crippen LogP contribution is 2.41. The number of methoxy groups -OCH3 is 3. The van der Waals surface area contributed by atoms with Gasteiger partial charge >= 0.3 is 5.97 Å². The fourth-order valence-corrected chi connectivity index (χ4v) is 4.10. The van der Waals surface area contributed by atoms with Crippen LogP contribution in [0, 0.1) is 5.41 Å². The predicted molar refractivity (Wildman–Crippen MR) is 112 cm³/mol. The molecule has 8 heteroatoms. The van der Waals surface area contributed by atoms with E-state index in [0.29, 0.717) is 22.8 Å². The van der Waals surface area contributed by atoms with Crippen molar-refractivity contribution >= 4 is 17.8 Å². The predicted octanol–water partition coefficient (Wildman–Crippen LogP) is 3.03. The van der Waals surface area contributed by atoms with Crippen molar-refractivity contribution in [1.82, 2.24) is 4.90 Å². The van der Waals surface area contributed by atoms with Crippen LogP contribution in [0.15, 0.2) is 36.4 Å². The molecule has 0 unspecified atom stereocenters. The number of aliphatic carboxylic acids is 1. The first kappa shape index (κ1) is 22.1. The van der Waals surface area contributed by atoms with Gasteiger partial charge in [-0.05, 0) is 36.2 Å². The summed E-state index contributed by atoms with van der Waals surface area (Å²) in [5.41, 5.74) is 0.121. The largest absolute Gasteiger partial charge is 0.493 e. The number of nitrogens with zero attached hydrogens (tertiary/aromatic N) is 1. The summed E-state index contributed by atoms with van der Waals surface area (Å²) in [6, 6.07) is 8.42. The molecule has 0 saturated carbocycles. The van der Waals surface area contributed by atoms with Crippen LogP contribution >= 0.6 is 0 Å². The smallest absolute Gasteiger partial charge is 0.327 e. The highest BCUT2D eigenvalue weighted by Gasteiger charge is 2.49. The molecule has 1 aliphatic rings. The number of hydrogen-bond donors (Lipinski definition) is 1. The van der Waals surface area contributed by atoms with Gasteiger partial charge in [-0.1, -0.05) is 26.0 Å². The molecule has 3 rings (SSSR count). The Bertz CT molecular complexity index is 984. The van der Waals surface area contributed by atoms with Crippen LogP contribution < -0.4 is 14.2 Å². The SMILES string of the molecule is COc1cc(CC(C)(C)[C@@H](C(=O)O)N2C(=O)c3ccccc3C2=O)cc(OC)c1OC. The van der Waals surface area contributed by atoms with Crippen LogP contribution in [0.5, 0.6) is 17.2 Å². The highest BCUT2D eigenvalue weighted by molar-refractivity contribution is 6.22. The summed E-state index contributed by atoms with van der Waals surface area (Å²) in [4.78, 5) is 39.0. The van der Waals surface area contributed by atoms with E-state index in [2.05, 4.69) is 0 Å². The van der Waals surface area contributed by atoms with Crippen LogP contribution in [0.2, 0.25) is 0 Å². The van der Waals surface area contributed by atoms with E-state index in [1.54, 1.807) is 38.1 Å².